The van der Waals surface area contributed by atoms with Crippen LogP contribution < -0.4 is 5.32 Å². The fourth-order valence-corrected chi connectivity index (χ4v) is 7.21. The predicted molar refractivity (Wildman–Crippen MR) is 155 cm³/mol. The molecule has 3 aromatic rings. The van der Waals surface area contributed by atoms with Crippen molar-refractivity contribution in [2.24, 2.45) is 5.92 Å². The number of aromatic nitrogens is 2. The Morgan fingerprint density at radius 1 is 1.05 bits per heavy atom. The lowest BCUT2D eigenvalue weighted by molar-refractivity contribution is -0.117. The minimum absolute atomic E-state index is 0.00878. The van der Waals surface area contributed by atoms with Gasteiger partial charge >= 0.3 is 0 Å². The number of para-hydroxylation sites is 1. The van der Waals surface area contributed by atoms with Gasteiger partial charge in [-0.25, -0.2) is 13.1 Å². The van der Waals surface area contributed by atoms with Crippen LogP contribution in [0.15, 0.2) is 71.3 Å². The smallest absolute Gasteiger partial charge is 0.262 e. The van der Waals surface area contributed by atoms with E-state index in [2.05, 4.69) is 18.3 Å². The molecular formula is C31H35N5O3S. The zero-order valence-electron chi connectivity index (χ0n) is 22.8. The predicted octanol–water partition coefficient (Wildman–Crippen LogP) is 5.32. The third-order valence-corrected chi connectivity index (χ3v) is 9.59. The molecule has 1 aromatic heterocycles. The van der Waals surface area contributed by atoms with E-state index < -0.39 is 15.9 Å². The topological polar surface area (TPSA) is 108 Å². The van der Waals surface area contributed by atoms with Gasteiger partial charge in [-0.1, -0.05) is 56.5 Å². The number of nitrogens with one attached hydrogen (secondary N) is 1. The third kappa shape index (κ3) is 6.19. The highest BCUT2D eigenvalue weighted by Crippen LogP contribution is 2.30. The van der Waals surface area contributed by atoms with E-state index in [1.807, 2.05) is 30.3 Å². The van der Waals surface area contributed by atoms with Crippen LogP contribution >= 0.6 is 0 Å². The molecule has 1 atom stereocenters. The average molecular weight is 558 g/mol. The number of carbonyl (C=O) groups is 1. The summed E-state index contributed by atoms with van der Waals surface area (Å²) in [5.74, 6) is -0.0856. The van der Waals surface area contributed by atoms with Gasteiger partial charge < -0.3 is 5.32 Å². The molecule has 1 unspecified atom stereocenters. The zero-order chi connectivity index (χ0) is 28.1. The van der Waals surface area contributed by atoms with Crippen molar-refractivity contribution in [1.29, 1.82) is 5.26 Å². The summed E-state index contributed by atoms with van der Waals surface area (Å²) in [6, 6.07) is 18.4. The lowest BCUT2D eigenvalue weighted by atomic mass is 9.95. The molecule has 2 aromatic carbocycles. The lowest BCUT2D eigenvalue weighted by Crippen LogP contribution is -2.39. The van der Waals surface area contributed by atoms with Gasteiger partial charge in [-0.15, -0.1) is 0 Å². The van der Waals surface area contributed by atoms with Gasteiger partial charge in [-0.2, -0.15) is 14.7 Å². The molecule has 1 saturated carbocycles. The summed E-state index contributed by atoms with van der Waals surface area (Å²) >= 11 is 0. The minimum Gasteiger partial charge on any atom is -0.349 e. The Morgan fingerprint density at radius 2 is 1.82 bits per heavy atom. The fourth-order valence-electron chi connectivity index (χ4n) is 5.56. The summed E-state index contributed by atoms with van der Waals surface area (Å²) in [6.45, 7) is 3.09. The van der Waals surface area contributed by atoms with E-state index in [0.717, 1.165) is 44.2 Å². The first-order valence-corrected chi connectivity index (χ1v) is 15.5. The maximum Gasteiger partial charge on any atom is 0.262 e. The number of piperidine rings is 1. The van der Waals surface area contributed by atoms with Gasteiger partial charge in [-0.3, -0.25) is 4.79 Å². The first-order valence-electron chi connectivity index (χ1n) is 14.0. The standard InChI is InChI=1S/C31H35N5O3S/c1-23-10-9-17-35(21-23)40(38,39)29-16-8-11-24(19-29)30-26(22-36(34-30)28-14-6-3-7-15-28)18-25(20-32)31(37)33-27-12-4-2-5-13-27/h3,6-8,11,14-16,18-19,22-23,27H,2,4-5,9-10,12-13,17,21H2,1H3,(H,33,37)/b25-18-. The summed E-state index contributed by atoms with van der Waals surface area (Å²) in [4.78, 5) is 13.3. The van der Waals surface area contributed by atoms with Crippen LogP contribution in [0.4, 0.5) is 0 Å². The number of sulfonamides is 1. The van der Waals surface area contributed by atoms with E-state index in [1.54, 1.807) is 45.5 Å². The summed E-state index contributed by atoms with van der Waals surface area (Å²) in [7, 11) is -3.67. The van der Waals surface area contributed by atoms with Gasteiger partial charge in [0, 0.05) is 36.5 Å². The zero-order valence-corrected chi connectivity index (χ0v) is 23.6. The van der Waals surface area contributed by atoms with E-state index >= 15 is 0 Å². The quantitative estimate of drug-likeness (QED) is 0.313. The highest BCUT2D eigenvalue weighted by Gasteiger charge is 2.29. The van der Waals surface area contributed by atoms with Crippen LogP contribution in [-0.4, -0.2) is 47.5 Å². The number of hydrogen-bond acceptors (Lipinski definition) is 5. The second kappa shape index (κ2) is 12.2. The molecule has 9 heteroatoms. The van der Waals surface area contributed by atoms with Crippen molar-refractivity contribution in [3.8, 4) is 23.0 Å². The van der Waals surface area contributed by atoms with Crippen molar-refractivity contribution < 1.29 is 13.2 Å². The Labute approximate surface area is 236 Å². The van der Waals surface area contributed by atoms with Crippen LogP contribution in [0.2, 0.25) is 0 Å². The minimum atomic E-state index is -3.67. The number of carbonyl (C=O) groups excluding carboxylic acids is 1. The van der Waals surface area contributed by atoms with Crippen molar-refractivity contribution in [2.45, 2.75) is 62.8 Å². The molecule has 0 spiro atoms. The van der Waals surface area contributed by atoms with E-state index in [9.17, 15) is 18.5 Å². The Bertz CT molecular complexity index is 1530. The normalized spacial score (nSPS) is 19.2. The summed E-state index contributed by atoms with van der Waals surface area (Å²) in [5.41, 5.74) is 2.44. The summed E-state index contributed by atoms with van der Waals surface area (Å²) in [5, 5.41) is 17.7. The number of amides is 1. The van der Waals surface area contributed by atoms with Crippen molar-refractivity contribution in [3.63, 3.8) is 0 Å². The summed E-state index contributed by atoms with van der Waals surface area (Å²) < 4.78 is 30.3. The van der Waals surface area contributed by atoms with Crippen LogP contribution in [0.1, 0.15) is 57.4 Å². The fraction of sp³-hybridized carbons (Fsp3) is 0.387. The molecule has 2 fully saturated rings. The third-order valence-electron chi connectivity index (χ3n) is 7.73. The van der Waals surface area contributed by atoms with Crippen molar-refractivity contribution in [3.05, 3.63) is 71.9 Å². The van der Waals surface area contributed by atoms with Crippen LogP contribution in [0.3, 0.4) is 0 Å². The van der Waals surface area contributed by atoms with Crippen molar-refractivity contribution >= 4 is 22.0 Å². The highest BCUT2D eigenvalue weighted by atomic mass is 32.2. The molecule has 2 heterocycles. The molecule has 1 saturated heterocycles. The second-order valence-corrected chi connectivity index (χ2v) is 12.8. The van der Waals surface area contributed by atoms with Gasteiger partial charge in [0.25, 0.3) is 5.91 Å². The lowest BCUT2D eigenvalue weighted by Gasteiger charge is -2.30. The molecule has 1 aliphatic carbocycles. The molecule has 0 bridgehead atoms. The Morgan fingerprint density at radius 3 is 2.55 bits per heavy atom. The van der Waals surface area contributed by atoms with E-state index in [-0.39, 0.29) is 16.5 Å². The molecule has 1 aliphatic heterocycles. The van der Waals surface area contributed by atoms with Gasteiger partial charge in [0.2, 0.25) is 10.0 Å². The second-order valence-electron chi connectivity index (χ2n) is 10.8. The van der Waals surface area contributed by atoms with Gasteiger partial charge in [0.05, 0.1) is 10.6 Å². The Balaban J connectivity index is 1.53. The number of benzene rings is 2. The number of nitrogens with zero attached hydrogens (tertiary/aromatic N) is 4. The molecule has 8 nitrogen and oxygen atoms in total. The molecular weight excluding hydrogens is 522 g/mol. The Hall–Kier alpha value is -3.74. The van der Waals surface area contributed by atoms with Crippen LogP contribution in [0, 0.1) is 17.2 Å². The number of hydrogen-bond donors (Lipinski definition) is 1. The largest absolute Gasteiger partial charge is 0.349 e. The maximum absolute atomic E-state index is 13.5. The first kappa shape index (κ1) is 27.8. The monoisotopic (exact) mass is 557 g/mol. The van der Waals surface area contributed by atoms with Crippen molar-refractivity contribution in [2.75, 3.05) is 13.1 Å². The molecule has 208 valence electrons. The first-order chi connectivity index (χ1) is 19.3. The maximum atomic E-state index is 13.5. The van der Waals surface area contributed by atoms with E-state index in [1.165, 1.54) is 6.42 Å². The summed E-state index contributed by atoms with van der Waals surface area (Å²) in [6.07, 6.45) is 10.3. The molecule has 1 amide bonds. The van der Waals surface area contributed by atoms with Gasteiger partial charge in [-0.05, 0) is 61.9 Å². The molecule has 5 rings (SSSR count). The highest BCUT2D eigenvalue weighted by molar-refractivity contribution is 7.89. The molecule has 2 aliphatic rings. The Kier molecular flexibility index (Phi) is 8.48. The van der Waals surface area contributed by atoms with Gasteiger partial charge in [0.15, 0.2) is 0 Å². The average Bonchev–Trinajstić information content (AvgIpc) is 3.41. The van der Waals surface area contributed by atoms with Crippen LogP contribution in [0.25, 0.3) is 23.0 Å². The molecule has 40 heavy (non-hydrogen) atoms. The molecule has 1 N–H and O–H groups in total. The molecule has 0 radical (unpaired) electrons. The van der Waals surface area contributed by atoms with E-state index in [4.69, 9.17) is 5.10 Å². The van der Waals surface area contributed by atoms with E-state index in [0.29, 0.717) is 35.8 Å². The van der Waals surface area contributed by atoms with Crippen LogP contribution in [-0.2, 0) is 14.8 Å². The number of rotatable bonds is 7. The van der Waals surface area contributed by atoms with Gasteiger partial charge in [0.1, 0.15) is 17.3 Å². The van der Waals surface area contributed by atoms with Crippen LogP contribution in [0.5, 0.6) is 0 Å². The van der Waals surface area contributed by atoms with Crippen molar-refractivity contribution in [1.82, 2.24) is 19.4 Å². The number of nitriles is 1. The SMILES string of the molecule is CC1CCCN(S(=O)(=O)c2cccc(-c3nn(-c4ccccc4)cc3/C=C(/C#N)C(=O)NC3CCCCC3)c2)C1.